The van der Waals surface area contributed by atoms with E-state index in [1.807, 2.05) is 11.1 Å². The van der Waals surface area contributed by atoms with Gasteiger partial charge in [-0.25, -0.2) is 4.98 Å². The summed E-state index contributed by atoms with van der Waals surface area (Å²) in [5.74, 6) is 0.674. The fourth-order valence-electron chi connectivity index (χ4n) is 4.26. The van der Waals surface area contributed by atoms with Gasteiger partial charge >= 0.3 is 0 Å². The van der Waals surface area contributed by atoms with Crippen LogP contribution >= 0.6 is 0 Å². The Bertz CT molecular complexity index is 889. The number of carbonyl (C=O) groups is 1. The second-order valence-corrected chi connectivity index (χ2v) is 7.43. The van der Waals surface area contributed by atoms with E-state index in [0.29, 0.717) is 24.3 Å². The summed E-state index contributed by atoms with van der Waals surface area (Å²) in [6.45, 7) is 1.33. The van der Waals surface area contributed by atoms with Crippen molar-refractivity contribution in [3.63, 3.8) is 0 Å². The summed E-state index contributed by atoms with van der Waals surface area (Å²) in [6, 6.07) is 5.57. The van der Waals surface area contributed by atoms with Crippen LogP contribution < -0.4 is 5.32 Å². The molecule has 1 amide bonds. The van der Waals surface area contributed by atoms with Gasteiger partial charge in [-0.05, 0) is 31.4 Å². The second kappa shape index (κ2) is 7.98. The maximum atomic E-state index is 13.2. The van der Waals surface area contributed by atoms with E-state index in [2.05, 4.69) is 26.6 Å². The first-order chi connectivity index (χ1) is 13.7. The van der Waals surface area contributed by atoms with Crippen molar-refractivity contribution in [1.82, 2.24) is 20.1 Å². The Morgan fingerprint density at radius 2 is 2.36 bits per heavy atom. The molecule has 2 aromatic heterocycles. The number of ether oxygens (including phenoxy) is 1. The summed E-state index contributed by atoms with van der Waals surface area (Å²) in [5.41, 5.74) is 2.73. The first-order valence-corrected chi connectivity index (χ1v) is 9.64. The summed E-state index contributed by atoms with van der Waals surface area (Å²) in [6.07, 6.45) is 6.53. The highest BCUT2D eigenvalue weighted by molar-refractivity contribution is 5.79. The van der Waals surface area contributed by atoms with E-state index >= 15 is 0 Å². The maximum absolute atomic E-state index is 13.2. The van der Waals surface area contributed by atoms with Crippen LogP contribution in [-0.2, 0) is 22.5 Å². The van der Waals surface area contributed by atoms with Crippen LogP contribution in [0, 0.1) is 17.2 Å². The molecule has 4 rings (SSSR count). The Morgan fingerprint density at radius 3 is 3.18 bits per heavy atom. The molecule has 1 aliphatic carbocycles. The largest absolute Gasteiger partial charge is 0.379 e. The Labute approximate surface area is 163 Å². The van der Waals surface area contributed by atoms with E-state index in [1.54, 1.807) is 25.4 Å². The molecule has 146 valence electrons. The maximum Gasteiger partial charge on any atom is 0.226 e. The lowest BCUT2D eigenvalue weighted by atomic mass is 9.82. The Morgan fingerprint density at radius 1 is 1.46 bits per heavy atom. The molecule has 0 radical (unpaired) electrons. The van der Waals surface area contributed by atoms with Crippen molar-refractivity contribution in [3.8, 4) is 6.07 Å². The predicted octanol–water partition coefficient (Wildman–Crippen LogP) is 1.86. The topological polar surface area (TPSA) is 107 Å². The van der Waals surface area contributed by atoms with E-state index in [1.165, 1.54) is 0 Å². The van der Waals surface area contributed by atoms with Gasteiger partial charge in [0, 0.05) is 50.0 Å². The molecule has 0 saturated heterocycles. The lowest BCUT2D eigenvalue weighted by Crippen LogP contribution is -2.47. The fraction of sp³-hybridized carbons (Fsp3) is 0.500. The fourth-order valence-corrected chi connectivity index (χ4v) is 4.26. The van der Waals surface area contributed by atoms with Crippen molar-refractivity contribution in [2.45, 2.75) is 44.4 Å². The molecule has 3 atom stereocenters. The van der Waals surface area contributed by atoms with Crippen molar-refractivity contribution in [1.29, 1.82) is 5.26 Å². The van der Waals surface area contributed by atoms with Gasteiger partial charge in [-0.15, -0.1) is 0 Å². The monoisotopic (exact) mass is 380 g/mol. The molecule has 1 saturated carbocycles. The third kappa shape index (κ3) is 3.58. The number of methoxy groups -OCH3 is 1. The molecule has 1 fully saturated rings. The van der Waals surface area contributed by atoms with E-state index in [-0.39, 0.29) is 24.0 Å². The van der Waals surface area contributed by atoms with Crippen molar-refractivity contribution in [2.75, 3.05) is 19.0 Å². The first kappa shape index (κ1) is 18.4. The van der Waals surface area contributed by atoms with Crippen molar-refractivity contribution in [2.24, 2.45) is 5.92 Å². The number of fused-ring (bicyclic) bond motifs is 1. The highest BCUT2D eigenvalue weighted by atomic mass is 16.5. The Kier molecular flexibility index (Phi) is 5.26. The molecule has 8 heteroatoms. The molecule has 3 heterocycles. The van der Waals surface area contributed by atoms with Gasteiger partial charge in [-0.2, -0.15) is 10.4 Å². The van der Waals surface area contributed by atoms with Crippen LogP contribution in [0.1, 0.15) is 36.1 Å². The Balaban J connectivity index is 1.46. The van der Waals surface area contributed by atoms with E-state index in [4.69, 9.17) is 4.74 Å². The number of nitrogens with zero attached hydrogens (tertiary/aromatic N) is 4. The predicted molar refractivity (Wildman–Crippen MR) is 102 cm³/mol. The number of carbonyl (C=O) groups excluding carboxylic acids is 1. The lowest BCUT2D eigenvalue weighted by molar-refractivity contribution is -0.138. The second-order valence-electron chi connectivity index (χ2n) is 7.43. The normalized spacial score (nSPS) is 24.3. The Hall–Kier alpha value is -2.92. The van der Waals surface area contributed by atoms with Crippen LogP contribution in [0.25, 0.3) is 0 Å². The summed E-state index contributed by atoms with van der Waals surface area (Å²) < 4.78 is 5.65. The van der Waals surface area contributed by atoms with E-state index in [0.717, 1.165) is 37.1 Å². The van der Waals surface area contributed by atoms with Gasteiger partial charge in [-0.1, -0.05) is 0 Å². The van der Waals surface area contributed by atoms with Gasteiger partial charge in [0.25, 0.3) is 0 Å². The number of aromatic nitrogens is 3. The average Bonchev–Trinajstić information content (AvgIpc) is 3.21. The standard InChI is InChI=1S/C20H24N6O2/c1-28-18-5-4-13(9-17(18)24-19-14(10-21)3-2-7-22-19)20(27)26-8-6-16-15(12-26)11-23-25-16/h2-3,7,11,13,17-18H,4-6,8-9,12H2,1H3,(H,22,24)(H,23,25)/t13-,17+,18+/m0/s1. The molecule has 0 aromatic carbocycles. The van der Waals surface area contributed by atoms with Crippen LogP contribution in [0.4, 0.5) is 5.82 Å². The third-order valence-corrected chi connectivity index (χ3v) is 5.80. The molecule has 0 spiro atoms. The summed E-state index contributed by atoms with van der Waals surface area (Å²) >= 11 is 0. The van der Waals surface area contributed by atoms with Crippen molar-refractivity contribution >= 4 is 11.7 Å². The van der Waals surface area contributed by atoms with Crippen LogP contribution in [-0.4, -0.2) is 51.8 Å². The number of rotatable bonds is 4. The van der Waals surface area contributed by atoms with Gasteiger partial charge in [0.1, 0.15) is 11.9 Å². The highest BCUT2D eigenvalue weighted by Crippen LogP contribution is 2.31. The average molecular weight is 380 g/mol. The minimum atomic E-state index is -0.0658. The summed E-state index contributed by atoms with van der Waals surface area (Å²) in [7, 11) is 1.69. The van der Waals surface area contributed by atoms with Crippen LogP contribution in [0.5, 0.6) is 0 Å². The van der Waals surface area contributed by atoms with Crippen LogP contribution in [0.15, 0.2) is 24.5 Å². The van der Waals surface area contributed by atoms with Crippen molar-refractivity contribution < 1.29 is 9.53 Å². The van der Waals surface area contributed by atoms with Gasteiger partial charge in [0.05, 0.1) is 23.9 Å². The van der Waals surface area contributed by atoms with Crippen LogP contribution in [0.2, 0.25) is 0 Å². The molecule has 28 heavy (non-hydrogen) atoms. The molecule has 2 aromatic rings. The van der Waals surface area contributed by atoms with Crippen molar-refractivity contribution in [3.05, 3.63) is 41.3 Å². The zero-order chi connectivity index (χ0) is 19.5. The molecule has 2 aliphatic rings. The molecule has 1 aliphatic heterocycles. The van der Waals surface area contributed by atoms with Gasteiger partial charge in [-0.3, -0.25) is 9.89 Å². The minimum Gasteiger partial charge on any atom is -0.379 e. The number of hydrogen-bond donors (Lipinski definition) is 2. The molecular weight excluding hydrogens is 356 g/mol. The number of hydrogen-bond acceptors (Lipinski definition) is 6. The highest BCUT2D eigenvalue weighted by Gasteiger charge is 2.37. The number of aromatic amines is 1. The SMILES string of the molecule is CO[C@@H]1CC[C@H](C(=O)N2CCc3[nH]ncc3C2)C[C@H]1Nc1ncccc1C#N. The quantitative estimate of drug-likeness (QED) is 0.838. The lowest BCUT2D eigenvalue weighted by Gasteiger charge is -2.38. The van der Waals surface area contributed by atoms with E-state index in [9.17, 15) is 10.1 Å². The number of nitrogens with one attached hydrogen (secondary N) is 2. The zero-order valence-corrected chi connectivity index (χ0v) is 15.9. The number of H-pyrrole nitrogens is 1. The first-order valence-electron chi connectivity index (χ1n) is 9.64. The molecule has 0 bridgehead atoms. The van der Waals surface area contributed by atoms with Gasteiger partial charge in [0.2, 0.25) is 5.91 Å². The summed E-state index contributed by atoms with van der Waals surface area (Å²) in [5, 5.41) is 19.8. The minimum absolute atomic E-state index is 0.0144. The number of nitriles is 1. The molecular formula is C20H24N6O2. The molecule has 2 N–H and O–H groups in total. The summed E-state index contributed by atoms with van der Waals surface area (Å²) in [4.78, 5) is 19.4. The van der Waals surface area contributed by atoms with Gasteiger partial charge in [0.15, 0.2) is 0 Å². The number of amides is 1. The zero-order valence-electron chi connectivity index (χ0n) is 15.9. The molecule has 0 unspecified atom stereocenters. The smallest absolute Gasteiger partial charge is 0.226 e. The number of anilines is 1. The number of pyridine rings is 1. The van der Waals surface area contributed by atoms with Crippen LogP contribution in [0.3, 0.4) is 0 Å². The van der Waals surface area contributed by atoms with E-state index < -0.39 is 0 Å². The van der Waals surface area contributed by atoms with Gasteiger partial charge < -0.3 is 15.0 Å². The third-order valence-electron chi connectivity index (χ3n) is 5.80. The molecule has 8 nitrogen and oxygen atoms in total.